The Morgan fingerprint density at radius 2 is 1.45 bits per heavy atom. The molecule has 0 saturated carbocycles. The number of esters is 2. The van der Waals surface area contributed by atoms with Gasteiger partial charge in [0.05, 0.1) is 0 Å². The maximum absolute atomic E-state index is 11.8. The zero-order valence-corrected chi connectivity index (χ0v) is 8.95. The fourth-order valence-corrected chi connectivity index (χ4v) is 0.725. The average Bonchev–Trinajstić information content (AvgIpc) is 2.26. The molecule has 1 rings (SSSR count). The van der Waals surface area contributed by atoms with E-state index in [4.69, 9.17) is 0 Å². The second-order valence-electron chi connectivity index (χ2n) is 2.95. The number of hydrogen-bond acceptors (Lipinski definition) is 6. The van der Waals surface area contributed by atoms with Gasteiger partial charge in [-0.05, 0) is 0 Å². The molecule has 20 heavy (non-hydrogen) atoms. The van der Waals surface area contributed by atoms with Crippen LogP contribution in [0.3, 0.4) is 0 Å². The number of rotatable bonds is 2. The number of nitrogens with zero attached hydrogens (tertiary/aromatic N) is 2. The van der Waals surface area contributed by atoms with Crippen molar-refractivity contribution in [2.75, 3.05) is 0 Å². The quantitative estimate of drug-likeness (QED) is 0.607. The maximum atomic E-state index is 11.8. The number of ether oxygens (including phenoxy) is 2. The van der Waals surface area contributed by atoms with Gasteiger partial charge >= 0.3 is 30.3 Å². The summed E-state index contributed by atoms with van der Waals surface area (Å²) < 4.78 is 78.4. The Balaban J connectivity index is 2.82. The van der Waals surface area contributed by atoms with Crippen LogP contribution in [0.4, 0.5) is 26.3 Å². The molecule has 1 aromatic heterocycles. The molecule has 0 aliphatic carbocycles. The van der Waals surface area contributed by atoms with E-state index in [9.17, 15) is 35.9 Å². The first-order valence-electron chi connectivity index (χ1n) is 4.41. The third-order valence-electron chi connectivity index (χ3n) is 1.45. The topological polar surface area (TPSA) is 78.4 Å². The van der Waals surface area contributed by atoms with Gasteiger partial charge in [-0.3, -0.25) is 0 Å². The highest BCUT2D eigenvalue weighted by atomic mass is 19.4. The van der Waals surface area contributed by atoms with E-state index in [1.807, 2.05) is 0 Å². The molecule has 0 bridgehead atoms. The summed E-state index contributed by atoms with van der Waals surface area (Å²) in [5.74, 6) is -6.37. The van der Waals surface area contributed by atoms with Crippen molar-refractivity contribution in [3.8, 4) is 11.9 Å². The summed E-state index contributed by atoms with van der Waals surface area (Å²) in [5.41, 5.74) is 0. The monoisotopic (exact) mass is 304 g/mol. The molecule has 0 amide bonds. The first-order valence-corrected chi connectivity index (χ1v) is 4.41. The third kappa shape index (κ3) is 4.37. The highest BCUT2D eigenvalue weighted by molar-refractivity contribution is 5.78. The minimum Gasteiger partial charge on any atom is -0.401 e. The van der Waals surface area contributed by atoms with Crippen molar-refractivity contribution in [3.63, 3.8) is 0 Å². The standard InChI is InChI=1S/C8H2F6N2O4/c9-7(10,11)4(17)19-3-1-2-15-6(16-3)20-5(18)8(12,13)14/h1-2H. The van der Waals surface area contributed by atoms with Crippen molar-refractivity contribution in [1.29, 1.82) is 0 Å². The van der Waals surface area contributed by atoms with Gasteiger partial charge < -0.3 is 9.47 Å². The predicted molar refractivity (Wildman–Crippen MR) is 45.4 cm³/mol. The molecule has 12 heteroatoms. The molecule has 0 N–H and O–H groups in total. The zero-order chi connectivity index (χ0) is 15.6. The Bertz CT molecular complexity index is 483. The Kier molecular flexibility index (Phi) is 4.15. The Hall–Kier alpha value is -2.40. The van der Waals surface area contributed by atoms with E-state index in [2.05, 4.69) is 19.4 Å². The maximum Gasteiger partial charge on any atom is 0.491 e. The van der Waals surface area contributed by atoms with E-state index >= 15 is 0 Å². The summed E-state index contributed by atoms with van der Waals surface area (Å²) in [5, 5.41) is 0. The molecule has 1 heterocycles. The van der Waals surface area contributed by atoms with Gasteiger partial charge in [0.15, 0.2) is 0 Å². The molecule has 6 nitrogen and oxygen atoms in total. The highest BCUT2D eigenvalue weighted by Gasteiger charge is 2.43. The number of hydrogen-bond donors (Lipinski definition) is 0. The van der Waals surface area contributed by atoms with Crippen molar-refractivity contribution in [1.82, 2.24) is 9.97 Å². The number of alkyl halides is 6. The van der Waals surface area contributed by atoms with Crippen LogP contribution in [0.5, 0.6) is 11.9 Å². The summed E-state index contributed by atoms with van der Waals surface area (Å²) in [6, 6.07) is -0.575. The zero-order valence-electron chi connectivity index (χ0n) is 8.95. The molecular formula is C8H2F6N2O4. The number of carbonyl (C=O) groups is 2. The van der Waals surface area contributed by atoms with Gasteiger partial charge in [0.2, 0.25) is 5.88 Å². The number of aromatic nitrogens is 2. The minimum absolute atomic E-state index is 0.630. The van der Waals surface area contributed by atoms with Crippen LogP contribution in [-0.2, 0) is 9.59 Å². The van der Waals surface area contributed by atoms with Gasteiger partial charge in [-0.15, -0.1) is 0 Å². The van der Waals surface area contributed by atoms with Crippen LogP contribution >= 0.6 is 0 Å². The van der Waals surface area contributed by atoms with Crippen molar-refractivity contribution < 1.29 is 45.4 Å². The first-order chi connectivity index (χ1) is 9.00. The van der Waals surface area contributed by atoms with Gasteiger partial charge in [0, 0.05) is 12.3 Å². The van der Waals surface area contributed by atoms with Crippen LogP contribution in [0.25, 0.3) is 0 Å². The summed E-state index contributed by atoms with van der Waals surface area (Å²) in [4.78, 5) is 26.8. The number of halogens is 6. The Morgan fingerprint density at radius 3 is 1.95 bits per heavy atom. The molecule has 1 aromatic rings. The van der Waals surface area contributed by atoms with Crippen molar-refractivity contribution in [2.45, 2.75) is 12.4 Å². The molecule has 0 spiro atoms. The normalized spacial score (nSPS) is 11.9. The third-order valence-corrected chi connectivity index (χ3v) is 1.45. The summed E-state index contributed by atoms with van der Waals surface area (Å²) in [6.07, 6.45) is -10.0. The van der Waals surface area contributed by atoms with Gasteiger partial charge in [-0.25, -0.2) is 14.6 Å². The SMILES string of the molecule is O=C(Oc1ccnc(OC(=O)C(F)(F)F)n1)C(F)(F)F. The minimum atomic E-state index is -5.35. The number of carbonyl (C=O) groups excluding carboxylic acids is 2. The van der Waals surface area contributed by atoms with Crippen LogP contribution in [-0.4, -0.2) is 34.3 Å². The van der Waals surface area contributed by atoms with Crippen LogP contribution in [0, 0.1) is 0 Å². The van der Waals surface area contributed by atoms with Crippen LogP contribution < -0.4 is 9.47 Å². The molecule has 0 fully saturated rings. The fourth-order valence-electron chi connectivity index (χ4n) is 0.725. The van der Waals surface area contributed by atoms with E-state index in [1.54, 1.807) is 0 Å². The highest BCUT2D eigenvalue weighted by Crippen LogP contribution is 2.21. The van der Waals surface area contributed by atoms with Crippen LogP contribution in [0.2, 0.25) is 0 Å². The second kappa shape index (κ2) is 5.30. The fraction of sp³-hybridized carbons (Fsp3) is 0.250. The van der Waals surface area contributed by atoms with Crippen molar-refractivity contribution in [2.24, 2.45) is 0 Å². The molecule has 0 aromatic carbocycles. The predicted octanol–water partition coefficient (Wildman–Crippen LogP) is 1.41. The average molecular weight is 304 g/mol. The smallest absolute Gasteiger partial charge is 0.401 e. The van der Waals surface area contributed by atoms with E-state index < -0.39 is 36.2 Å². The molecule has 0 aliphatic rings. The largest absolute Gasteiger partial charge is 0.491 e. The molecule has 110 valence electrons. The lowest BCUT2D eigenvalue weighted by Gasteiger charge is -2.07. The lowest BCUT2D eigenvalue weighted by atomic mass is 10.6. The van der Waals surface area contributed by atoms with Crippen LogP contribution in [0.1, 0.15) is 0 Å². The van der Waals surface area contributed by atoms with Gasteiger partial charge in [0.25, 0.3) is 0 Å². The van der Waals surface area contributed by atoms with E-state index in [0.717, 1.165) is 0 Å². The summed E-state index contributed by atoms with van der Waals surface area (Å²) in [6.45, 7) is 0. The molecule has 0 aliphatic heterocycles. The van der Waals surface area contributed by atoms with Gasteiger partial charge in [0.1, 0.15) is 0 Å². The second-order valence-corrected chi connectivity index (χ2v) is 2.95. The van der Waals surface area contributed by atoms with Crippen LogP contribution in [0.15, 0.2) is 12.3 Å². The Morgan fingerprint density at radius 1 is 0.950 bits per heavy atom. The lowest BCUT2D eigenvalue weighted by molar-refractivity contribution is -0.190. The van der Waals surface area contributed by atoms with E-state index in [0.29, 0.717) is 12.3 Å². The Labute approximate surface area is 105 Å². The molecule has 0 radical (unpaired) electrons. The molecular weight excluding hydrogens is 302 g/mol. The molecule has 0 saturated heterocycles. The lowest BCUT2D eigenvalue weighted by Crippen LogP contribution is -2.29. The van der Waals surface area contributed by atoms with Crippen molar-refractivity contribution >= 4 is 11.9 Å². The summed E-state index contributed by atoms with van der Waals surface area (Å²) >= 11 is 0. The first kappa shape index (κ1) is 15.7. The molecule has 0 atom stereocenters. The summed E-state index contributed by atoms with van der Waals surface area (Å²) in [7, 11) is 0. The van der Waals surface area contributed by atoms with Gasteiger partial charge in [-0.1, -0.05) is 0 Å². The van der Waals surface area contributed by atoms with Crippen molar-refractivity contribution in [3.05, 3.63) is 12.3 Å². The molecule has 0 unspecified atom stereocenters. The van der Waals surface area contributed by atoms with Gasteiger partial charge in [-0.2, -0.15) is 31.3 Å². The van der Waals surface area contributed by atoms with E-state index in [1.165, 1.54) is 0 Å². The van der Waals surface area contributed by atoms with E-state index in [-0.39, 0.29) is 0 Å².